The Bertz CT molecular complexity index is 688. The van der Waals surface area contributed by atoms with Gasteiger partial charge in [-0.25, -0.2) is 0 Å². The van der Waals surface area contributed by atoms with Gasteiger partial charge in [0, 0.05) is 11.1 Å². The lowest BCUT2D eigenvalue weighted by atomic mass is 9.79. The SMILES string of the molecule is CC(C)(C)c1cc(NN=Nc2ccccc2)cc(C(C)(C)C)c1O. The lowest BCUT2D eigenvalue weighted by Gasteiger charge is -2.28. The van der Waals surface area contributed by atoms with Gasteiger partial charge in [0.05, 0.1) is 11.4 Å². The minimum atomic E-state index is -0.168. The van der Waals surface area contributed by atoms with Crippen molar-refractivity contribution in [2.24, 2.45) is 10.3 Å². The van der Waals surface area contributed by atoms with E-state index >= 15 is 0 Å². The summed E-state index contributed by atoms with van der Waals surface area (Å²) in [6.07, 6.45) is 0. The molecule has 2 N–H and O–H groups in total. The van der Waals surface area contributed by atoms with E-state index in [-0.39, 0.29) is 10.8 Å². The third-order valence-corrected chi connectivity index (χ3v) is 3.83. The van der Waals surface area contributed by atoms with Crippen LogP contribution in [0.3, 0.4) is 0 Å². The molecule has 4 heteroatoms. The Kier molecular flexibility index (Phi) is 4.97. The summed E-state index contributed by atoms with van der Waals surface area (Å²) in [4.78, 5) is 0. The average molecular weight is 325 g/mol. The van der Waals surface area contributed by atoms with Crippen LogP contribution in [0.4, 0.5) is 11.4 Å². The van der Waals surface area contributed by atoms with Crippen LogP contribution in [0.15, 0.2) is 52.8 Å². The molecule has 0 fully saturated rings. The predicted molar refractivity (Wildman–Crippen MR) is 100 cm³/mol. The zero-order valence-corrected chi connectivity index (χ0v) is 15.4. The van der Waals surface area contributed by atoms with Crippen molar-refractivity contribution in [2.45, 2.75) is 52.4 Å². The van der Waals surface area contributed by atoms with Crippen molar-refractivity contribution in [3.63, 3.8) is 0 Å². The fraction of sp³-hybridized carbons (Fsp3) is 0.400. The van der Waals surface area contributed by atoms with Crippen LogP contribution in [0.25, 0.3) is 0 Å². The van der Waals surface area contributed by atoms with Crippen molar-refractivity contribution in [1.29, 1.82) is 0 Å². The molecule has 0 spiro atoms. The summed E-state index contributed by atoms with van der Waals surface area (Å²) in [7, 11) is 0. The topological polar surface area (TPSA) is 57.0 Å². The first-order valence-electron chi connectivity index (χ1n) is 8.19. The summed E-state index contributed by atoms with van der Waals surface area (Å²) in [6, 6.07) is 13.4. The van der Waals surface area contributed by atoms with Crippen LogP contribution in [0.1, 0.15) is 52.7 Å². The van der Waals surface area contributed by atoms with Gasteiger partial charge in [-0.2, -0.15) is 0 Å². The highest BCUT2D eigenvalue weighted by Gasteiger charge is 2.26. The molecule has 0 aromatic heterocycles. The van der Waals surface area contributed by atoms with Gasteiger partial charge in [0.15, 0.2) is 0 Å². The van der Waals surface area contributed by atoms with Gasteiger partial charge in [-0.3, -0.25) is 5.43 Å². The number of anilines is 1. The Morgan fingerprint density at radius 3 is 1.79 bits per heavy atom. The van der Waals surface area contributed by atoms with E-state index in [1.54, 1.807) is 0 Å². The van der Waals surface area contributed by atoms with Crippen LogP contribution in [-0.4, -0.2) is 5.11 Å². The monoisotopic (exact) mass is 325 g/mol. The number of hydrogen-bond acceptors (Lipinski definition) is 3. The van der Waals surface area contributed by atoms with E-state index in [1.165, 1.54) is 0 Å². The van der Waals surface area contributed by atoms with Crippen molar-refractivity contribution in [3.8, 4) is 5.75 Å². The number of phenols is 1. The van der Waals surface area contributed by atoms with Crippen molar-refractivity contribution in [3.05, 3.63) is 53.6 Å². The fourth-order valence-electron chi connectivity index (χ4n) is 2.48. The van der Waals surface area contributed by atoms with E-state index < -0.39 is 0 Å². The molecule has 0 radical (unpaired) electrons. The minimum Gasteiger partial charge on any atom is -0.507 e. The van der Waals surface area contributed by atoms with Crippen molar-refractivity contribution < 1.29 is 5.11 Å². The maximum absolute atomic E-state index is 10.7. The molecule has 128 valence electrons. The highest BCUT2D eigenvalue weighted by Crippen LogP contribution is 2.41. The molecule has 0 saturated heterocycles. The summed E-state index contributed by atoms with van der Waals surface area (Å²) in [5.41, 5.74) is 6.06. The number of phenolic OH excluding ortho intramolecular Hbond substituents is 1. The molecule has 2 aromatic rings. The van der Waals surface area contributed by atoms with Gasteiger partial charge in [0.1, 0.15) is 5.75 Å². The smallest absolute Gasteiger partial charge is 0.123 e. The number of nitrogens with one attached hydrogen (secondary N) is 1. The summed E-state index contributed by atoms with van der Waals surface area (Å²) < 4.78 is 0. The van der Waals surface area contributed by atoms with Crippen LogP contribution in [0, 0.1) is 0 Å². The van der Waals surface area contributed by atoms with Crippen molar-refractivity contribution >= 4 is 11.4 Å². The molecule has 0 amide bonds. The zero-order valence-electron chi connectivity index (χ0n) is 15.4. The Labute approximate surface area is 144 Å². The molecule has 24 heavy (non-hydrogen) atoms. The molecule has 0 atom stereocenters. The standard InChI is InChI=1S/C20H27N3O/c1-19(2,3)16-12-15(13-17(18(16)24)20(4,5)6)22-23-21-14-10-8-7-9-11-14/h7-13,24H,1-6H3,(H,21,22). The lowest BCUT2D eigenvalue weighted by molar-refractivity contribution is 0.423. The predicted octanol–water partition coefficient (Wildman–Crippen LogP) is 6.10. The van der Waals surface area contributed by atoms with Gasteiger partial charge >= 0.3 is 0 Å². The molecule has 0 saturated carbocycles. The molecule has 2 rings (SSSR count). The molecule has 0 heterocycles. The lowest BCUT2D eigenvalue weighted by Crippen LogP contribution is -2.17. The van der Waals surface area contributed by atoms with E-state index in [4.69, 9.17) is 0 Å². The van der Waals surface area contributed by atoms with Gasteiger partial charge in [-0.05, 0) is 35.1 Å². The van der Waals surface area contributed by atoms with Crippen LogP contribution in [-0.2, 0) is 10.8 Å². The molecule has 0 aliphatic rings. The van der Waals surface area contributed by atoms with Gasteiger partial charge in [0.2, 0.25) is 0 Å². The van der Waals surface area contributed by atoms with E-state index in [1.807, 2.05) is 42.5 Å². The largest absolute Gasteiger partial charge is 0.507 e. The molecule has 2 aromatic carbocycles. The summed E-state index contributed by atoms with van der Waals surface area (Å²) in [5, 5.41) is 18.9. The summed E-state index contributed by atoms with van der Waals surface area (Å²) >= 11 is 0. The quantitative estimate of drug-likeness (QED) is 0.407. The number of rotatable bonds is 3. The highest BCUT2D eigenvalue weighted by molar-refractivity contribution is 5.58. The second-order valence-electron chi connectivity index (χ2n) is 8.07. The molecular formula is C20H27N3O. The van der Waals surface area contributed by atoms with E-state index in [0.717, 1.165) is 22.5 Å². The number of aromatic hydroxyl groups is 1. The number of nitrogens with zero attached hydrogens (tertiary/aromatic N) is 2. The highest BCUT2D eigenvalue weighted by atomic mass is 16.3. The maximum Gasteiger partial charge on any atom is 0.123 e. The minimum absolute atomic E-state index is 0.168. The normalized spacial score (nSPS) is 12.6. The molecule has 0 aliphatic heterocycles. The molecule has 4 nitrogen and oxygen atoms in total. The molecule has 0 bridgehead atoms. The zero-order chi connectivity index (χ0) is 18.0. The van der Waals surface area contributed by atoms with Gasteiger partial charge < -0.3 is 5.11 Å². The van der Waals surface area contributed by atoms with Gasteiger partial charge in [0.25, 0.3) is 0 Å². The van der Waals surface area contributed by atoms with Crippen LogP contribution in [0.2, 0.25) is 0 Å². The first kappa shape index (κ1) is 18.0. The second-order valence-corrected chi connectivity index (χ2v) is 8.07. The Balaban J connectivity index is 2.38. The second kappa shape index (κ2) is 6.63. The van der Waals surface area contributed by atoms with Crippen LogP contribution < -0.4 is 5.43 Å². The molecule has 0 unspecified atom stereocenters. The van der Waals surface area contributed by atoms with Crippen LogP contribution in [0.5, 0.6) is 5.75 Å². The summed E-state index contributed by atoms with van der Waals surface area (Å²) in [6.45, 7) is 12.5. The first-order chi connectivity index (χ1) is 11.1. The Hall–Kier alpha value is -2.36. The number of hydrogen-bond donors (Lipinski definition) is 2. The van der Waals surface area contributed by atoms with E-state index in [2.05, 4.69) is 57.3 Å². The summed E-state index contributed by atoms with van der Waals surface area (Å²) in [5.74, 6) is 0.362. The third kappa shape index (κ3) is 4.34. The van der Waals surface area contributed by atoms with E-state index in [9.17, 15) is 5.11 Å². The first-order valence-corrected chi connectivity index (χ1v) is 8.19. The van der Waals surface area contributed by atoms with Crippen molar-refractivity contribution in [1.82, 2.24) is 0 Å². The fourth-order valence-corrected chi connectivity index (χ4v) is 2.48. The van der Waals surface area contributed by atoms with E-state index in [0.29, 0.717) is 5.75 Å². The van der Waals surface area contributed by atoms with Crippen molar-refractivity contribution in [2.75, 3.05) is 5.43 Å². The third-order valence-electron chi connectivity index (χ3n) is 3.83. The van der Waals surface area contributed by atoms with Gasteiger partial charge in [-0.15, -0.1) is 5.11 Å². The van der Waals surface area contributed by atoms with Crippen LogP contribution >= 0.6 is 0 Å². The Morgan fingerprint density at radius 2 is 1.33 bits per heavy atom. The van der Waals surface area contributed by atoms with Gasteiger partial charge in [-0.1, -0.05) is 65.0 Å². The average Bonchev–Trinajstić information content (AvgIpc) is 2.47. The maximum atomic E-state index is 10.7. The Morgan fingerprint density at radius 1 is 0.833 bits per heavy atom. The molecular weight excluding hydrogens is 298 g/mol. The number of benzene rings is 2. The molecule has 0 aliphatic carbocycles.